The molecule has 2 aromatic carbocycles. The third-order valence-electron chi connectivity index (χ3n) is 4.32. The second-order valence-electron chi connectivity index (χ2n) is 6.49. The van der Waals surface area contributed by atoms with Gasteiger partial charge in [-0.25, -0.2) is 0 Å². The molecule has 0 aromatic heterocycles. The summed E-state index contributed by atoms with van der Waals surface area (Å²) in [5.41, 5.74) is 1.23. The van der Waals surface area contributed by atoms with Gasteiger partial charge >= 0.3 is 7.94 Å². The van der Waals surface area contributed by atoms with Gasteiger partial charge in [0, 0.05) is 0 Å². The van der Waals surface area contributed by atoms with Gasteiger partial charge in [0.25, 0.3) is 0 Å². The van der Waals surface area contributed by atoms with Crippen LogP contribution < -0.4 is 9.83 Å². The van der Waals surface area contributed by atoms with Gasteiger partial charge in [-0.05, 0) is 42.7 Å². The van der Waals surface area contributed by atoms with E-state index < -0.39 is 7.94 Å². The summed E-state index contributed by atoms with van der Waals surface area (Å²) in [6, 6.07) is 16.4. The summed E-state index contributed by atoms with van der Waals surface area (Å²) in [5.74, 6) is 0.466. The molecule has 0 atom stereocenters. The fourth-order valence-electron chi connectivity index (χ4n) is 2.82. The minimum Gasteiger partial charge on any atom is -0.281 e. The van der Waals surface area contributed by atoms with E-state index in [0.717, 1.165) is 6.42 Å². The summed E-state index contributed by atoms with van der Waals surface area (Å²) >= 11 is 0. The molecule has 0 unspecified atom stereocenters. The van der Waals surface area contributed by atoms with E-state index in [2.05, 4.69) is 6.92 Å². The maximum Gasteiger partial charge on any atom is 0.487 e. The quantitative estimate of drug-likeness (QED) is 0.414. The molecule has 0 fully saturated rings. The van der Waals surface area contributed by atoms with Crippen LogP contribution in [0.1, 0.15) is 57.4 Å². The minimum absolute atomic E-state index is 0.444. The first-order valence-electron chi connectivity index (χ1n) is 9.30. The second-order valence-corrected chi connectivity index (χ2v) is 8.27. The Kier molecular flexibility index (Phi) is 8.40. The lowest BCUT2D eigenvalue weighted by Gasteiger charge is -2.12. The molecule has 136 valence electrons. The second kappa shape index (κ2) is 10.6. The molecule has 4 heteroatoms. The highest BCUT2D eigenvalue weighted by Crippen LogP contribution is 2.49. The van der Waals surface area contributed by atoms with Crippen LogP contribution in [-0.4, -0.2) is 9.79 Å². The molecule has 0 spiro atoms. The van der Waals surface area contributed by atoms with Crippen LogP contribution in [0.2, 0.25) is 0 Å². The molecule has 0 aliphatic rings. The van der Waals surface area contributed by atoms with E-state index in [4.69, 9.17) is 4.52 Å². The molecule has 0 bridgehead atoms. The Morgan fingerprint density at radius 2 is 1.36 bits per heavy atom. The number of rotatable bonds is 11. The lowest BCUT2D eigenvalue weighted by atomic mass is 10.0. The third-order valence-corrected chi connectivity index (χ3v) is 5.75. The molecule has 2 aromatic rings. The number of unbranched alkanes of at least 4 members (excludes halogenated alkanes) is 6. The summed E-state index contributed by atoms with van der Waals surface area (Å²) in [4.78, 5) is 20.6. The van der Waals surface area contributed by atoms with Crippen molar-refractivity contribution in [3.05, 3.63) is 60.2 Å². The molecular formula is C21H30O3P+. The number of aryl methyl sites for hydroxylation is 1. The molecule has 0 aliphatic heterocycles. The summed E-state index contributed by atoms with van der Waals surface area (Å²) in [6.45, 7) is 2.24. The maximum atomic E-state index is 10.3. The topological polar surface area (TPSA) is 49.7 Å². The van der Waals surface area contributed by atoms with Gasteiger partial charge in [-0.2, -0.15) is 9.79 Å². The van der Waals surface area contributed by atoms with Gasteiger partial charge in [-0.1, -0.05) is 75.8 Å². The van der Waals surface area contributed by atoms with Gasteiger partial charge < -0.3 is 0 Å². The van der Waals surface area contributed by atoms with Crippen LogP contribution in [0.15, 0.2) is 54.6 Å². The minimum atomic E-state index is -3.58. The zero-order valence-electron chi connectivity index (χ0n) is 15.1. The van der Waals surface area contributed by atoms with Crippen molar-refractivity contribution in [2.45, 2.75) is 58.3 Å². The van der Waals surface area contributed by atoms with Crippen LogP contribution in [0.3, 0.4) is 0 Å². The standard InChI is InChI=1S/C21H30O3P/c1-2-3-4-5-6-7-9-12-19-15-17-21(18-16-19)25(22,23)24-20-13-10-8-11-14-20/h8,10-11,13-18,22-23H,2-7,9,12H2,1H3/q+1. The highest BCUT2D eigenvalue weighted by atomic mass is 31.2. The van der Waals surface area contributed by atoms with Crippen molar-refractivity contribution in [2.24, 2.45) is 0 Å². The van der Waals surface area contributed by atoms with Gasteiger partial charge in [0.05, 0.1) is 0 Å². The molecule has 25 heavy (non-hydrogen) atoms. The third kappa shape index (κ3) is 7.15. The smallest absolute Gasteiger partial charge is 0.281 e. The van der Waals surface area contributed by atoms with E-state index in [1.165, 1.54) is 50.5 Å². The van der Waals surface area contributed by atoms with Crippen LogP contribution in [-0.2, 0) is 6.42 Å². The highest BCUT2D eigenvalue weighted by molar-refractivity contribution is 7.68. The summed E-state index contributed by atoms with van der Waals surface area (Å²) < 4.78 is 5.40. The fourth-order valence-corrected chi connectivity index (χ4v) is 3.88. The van der Waals surface area contributed by atoms with E-state index in [1.54, 1.807) is 36.4 Å². The monoisotopic (exact) mass is 361 g/mol. The number of hydrogen-bond acceptors (Lipinski definition) is 3. The van der Waals surface area contributed by atoms with Gasteiger partial charge in [0.15, 0.2) is 11.1 Å². The lowest BCUT2D eigenvalue weighted by molar-refractivity contribution is 0.354. The predicted molar refractivity (Wildman–Crippen MR) is 106 cm³/mol. The van der Waals surface area contributed by atoms with Crippen molar-refractivity contribution >= 4 is 13.2 Å². The molecule has 0 amide bonds. The molecule has 0 heterocycles. The molecule has 3 nitrogen and oxygen atoms in total. The molecule has 0 aliphatic carbocycles. The van der Waals surface area contributed by atoms with Crippen molar-refractivity contribution < 1.29 is 14.3 Å². The van der Waals surface area contributed by atoms with E-state index in [1.807, 2.05) is 18.2 Å². The Labute approximate surface area is 152 Å². The zero-order valence-corrected chi connectivity index (χ0v) is 16.0. The SMILES string of the molecule is CCCCCCCCCc1ccc([P+](O)(O)Oc2ccccc2)cc1. The van der Waals surface area contributed by atoms with Crippen LogP contribution in [0.4, 0.5) is 0 Å². The Morgan fingerprint density at radius 3 is 2.00 bits per heavy atom. The van der Waals surface area contributed by atoms with Crippen molar-refractivity contribution in [3.8, 4) is 5.75 Å². The van der Waals surface area contributed by atoms with Gasteiger partial charge in [0.2, 0.25) is 0 Å². The van der Waals surface area contributed by atoms with Gasteiger partial charge in [-0.3, -0.25) is 4.52 Å². The molecular weight excluding hydrogens is 331 g/mol. The predicted octanol–water partition coefficient (Wildman–Crippen LogP) is 5.43. The first kappa shape index (κ1) is 19.9. The molecule has 0 saturated carbocycles. The van der Waals surface area contributed by atoms with E-state index in [0.29, 0.717) is 11.1 Å². The normalized spacial score (nSPS) is 11.5. The van der Waals surface area contributed by atoms with Crippen LogP contribution in [0.5, 0.6) is 5.75 Å². The maximum absolute atomic E-state index is 10.3. The van der Waals surface area contributed by atoms with Gasteiger partial charge in [0.1, 0.15) is 0 Å². The van der Waals surface area contributed by atoms with E-state index in [-0.39, 0.29) is 0 Å². The lowest BCUT2D eigenvalue weighted by Crippen LogP contribution is -2.15. The van der Waals surface area contributed by atoms with Crippen molar-refractivity contribution in [1.29, 1.82) is 0 Å². The van der Waals surface area contributed by atoms with E-state index in [9.17, 15) is 9.79 Å². The fraction of sp³-hybridized carbons (Fsp3) is 0.429. The average Bonchev–Trinajstić information content (AvgIpc) is 2.62. The zero-order chi connectivity index (χ0) is 18.0. The van der Waals surface area contributed by atoms with Crippen molar-refractivity contribution in [2.75, 3.05) is 0 Å². The van der Waals surface area contributed by atoms with Crippen molar-refractivity contribution in [1.82, 2.24) is 0 Å². The molecule has 2 N–H and O–H groups in total. The summed E-state index contributed by atoms with van der Waals surface area (Å²) in [5, 5.41) is 0.444. The number of hydrogen-bond donors (Lipinski definition) is 2. The van der Waals surface area contributed by atoms with Crippen LogP contribution in [0, 0.1) is 0 Å². The van der Waals surface area contributed by atoms with Crippen LogP contribution in [0.25, 0.3) is 0 Å². The molecule has 0 saturated heterocycles. The van der Waals surface area contributed by atoms with Gasteiger partial charge in [-0.15, -0.1) is 0 Å². The van der Waals surface area contributed by atoms with Crippen molar-refractivity contribution in [3.63, 3.8) is 0 Å². The van der Waals surface area contributed by atoms with Crippen LogP contribution >= 0.6 is 7.94 Å². The largest absolute Gasteiger partial charge is 0.487 e. The highest BCUT2D eigenvalue weighted by Gasteiger charge is 2.40. The molecule has 0 radical (unpaired) electrons. The number of benzene rings is 2. The Hall–Kier alpha value is -1.41. The summed E-state index contributed by atoms with van der Waals surface area (Å²) in [7, 11) is -3.58. The first-order valence-corrected chi connectivity index (χ1v) is 10.9. The Bertz CT molecular complexity index is 596. The Balaban J connectivity index is 1.78. The molecule has 2 rings (SSSR count). The number of para-hydroxylation sites is 1. The van der Waals surface area contributed by atoms with E-state index >= 15 is 0 Å². The Morgan fingerprint density at radius 1 is 0.760 bits per heavy atom. The average molecular weight is 361 g/mol. The summed E-state index contributed by atoms with van der Waals surface area (Å²) in [6.07, 6.45) is 10.1. The first-order chi connectivity index (χ1) is 12.1.